The van der Waals surface area contributed by atoms with Gasteiger partial charge in [0.2, 0.25) is 0 Å². The van der Waals surface area contributed by atoms with Crippen molar-refractivity contribution in [1.29, 1.82) is 0 Å². The van der Waals surface area contributed by atoms with Crippen molar-refractivity contribution in [3.8, 4) is 10.6 Å². The third-order valence-electron chi connectivity index (χ3n) is 3.14. The molecule has 0 nitrogen and oxygen atoms in total. The Bertz CT molecular complexity index is 490. The van der Waals surface area contributed by atoms with E-state index in [-0.39, 0.29) is 37.7 Å². The van der Waals surface area contributed by atoms with E-state index in [1.165, 1.54) is 32.8 Å². The minimum atomic E-state index is 0. The molecule has 0 saturated heterocycles. The number of aryl methyl sites for hydroxylation is 4. The zero-order chi connectivity index (χ0) is 11.7. The maximum absolute atomic E-state index is 2.37. The van der Waals surface area contributed by atoms with E-state index in [1.807, 2.05) is 0 Å². The van der Waals surface area contributed by atoms with Gasteiger partial charge in [0.15, 0.2) is 10.6 Å². The molecule has 2 atom stereocenters. The standard InChI is InChI=1S/C14H16P2.2Li/c1-9-5-13(15-7-11(9)3)14-6-10(2)12(4)8-16-14;;/h5-8H,1-4H3;;/q;2*+1/p+2. The molecular weight excluding hydrogens is 244 g/mol. The molecule has 2 aromatic heterocycles. The summed E-state index contributed by atoms with van der Waals surface area (Å²) in [5.41, 5.74) is 5.72. The van der Waals surface area contributed by atoms with Crippen molar-refractivity contribution in [2.45, 2.75) is 27.7 Å². The van der Waals surface area contributed by atoms with Gasteiger partial charge in [0.1, 0.15) is 28.0 Å². The van der Waals surface area contributed by atoms with E-state index in [4.69, 9.17) is 0 Å². The van der Waals surface area contributed by atoms with Crippen LogP contribution in [0.2, 0.25) is 0 Å². The predicted molar refractivity (Wildman–Crippen MR) is 78.6 cm³/mol. The smallest absolute Gasteiger partial charge is 0.0399 e. The summed E-state index contributed by atoms with van der Waals surface area (Å²) in [6, 6.07) is 4.74. The van der Waals surface area contributed by atoms with Gasteiger partial charge in [-0.25, -0.2) is 0 Å². The molecule has 2 rings (SSSR count). The Kier molecular flexibility index (Phi) is 8.15. The Labute approximate surface area is 138 Å². The molecule has 0 fully saturated rings. The third-order valence-corrected chi connectivity index (χ3v) is 6.00. The van der Waals surface area contributed by atoms with Gasteiger partial charge in [0.25, 0.3) is 0 Å². The molecule has 0 spiro atoms. The van der Waals surface area contributed by atoms with Crippen LogP contribution in [0.25, 0.3) is 10.6 Å². The minimum absolute atomic E-state index is 0. The summed E-state index contributed by atoms with van der Waals surface area (Å²) >= 11 is 0. The SMILES string of the molecule is Cc1c[pH+]c(-c2cc(C)c(C)c[pH+]2)cc1C.[Li+].[Li+]. The molecule has 0 aromatic carbocycles. The Hall–Kier alpha value is 0.495. The topological polar surface area (TPSA) is 0 Å². The Morgan fingerprint density at radius 1 is 0.611 bits per heavy atom. The average molecular weight is 262 g/mol. The van der Waals surface area contributed by atoms with Gasteiger partial charge in [0, 0.05) is 0 Å². The van der Waals surface area contributed by atoms with Crippen molar-refractivity contribution in [3.63, 3.8) is 0 Å². The third kappa shape index (κ3) is 4.26. The van der Waals surface area contributed by atoms with E-state index in [9.17, 15) is 0 Å². The molecule has 18 heavy (non-hydrogen) atoms. The maximum atomic E-state index is 2.37. The molecule has 82 valence electrons. The molecule has 0 aliphatic carbocycles. The van der Waals surface area contributed by atoms with Crippen molar-refractivity contribution in [1.82, 2.24) is 0 Å². The maximum Gasteiger partial charge on any atom is 1.00 e. The van der Waals surface area contributed by atoms with Gasteiger partial charge in [-0.05, 0) is 62.1 Å². The average Bonchev–Trinajstić information content (AvgIpc) is 2.26. The zero-order valence-corrected chi connectivity index (χ0v) is 14.3. The van der Waals surface area contributed by atoms with Gasteiger partial charge in [-0.15, -0.1) is 0 Å². The van der Waals surface area contributed by atoms with Crippen LogP contribution in [0, 0.1) is 27.7 Å². The molecule has 2 heterocycles. The molecule has 0 saturated carbocycles. The summed E-state index contributed by atoms with van der Waals surface area (Å²) < 4.78 is 0. The molecule has 0 radical (unpaired) electrons. The van der Waals surface area contributed by atoms with Crippen LogP contribution in [-0.4, -0.2) is 0 Å². The van der Waals surface area contributed by atoms with Crippen LogP contribution in [0.4, 0.5) is 0 Å². The second kappa shape index (κ2) is 7.93. The fraction of sp³-hybridized carbons (Fsp3) is 0.286. The molecule has 0 N–H and O–H groups in total. The Balaban J connectivity index is 0.00000144. The summed E-state index contributed by atoms with van der Waals surface area (Å²) in [6.07, 6.45) is 0. The van der Waals surface area contributed by atoms with Gasteiger partial charge >= 0.3 is 37.7 Å². The van der Waals surface area contributed by atoms with Crippen molar-refractivity contribution in [2.75, 3.05) is 0 Å². The predicted octanol–water partition coefficient (Wildman–Crippen LogP) is -0.780. The van der Waals surface area contributed by atoms with E-state index in [2.05, 4.69) is 51.4 Å². The summed E-state index contributed by atoms with van der Waals surface area (Å²) in [7, 11) is 1.69. The van der Waals surface area contributed by atoms with E-state index in [1.54, 1.807) is 0 Å². The number of rotatable bonds is 1. The van der Waals surface area contributed by atoms with Crippen LogP contribution in [0.1, 0.15) is 22.3 Å². The molecule has 0 aliphatic rings. The van der Waals surface area contributed by atoms with Crippen LogP contribution in [0.15, 0.2) is 23.7 Å². The first-order valence-corrected chi connectivity index (χ1v) is 7.71. The first kappa shape index (κ1) is 18.5. The fourth-order valence-electron chi connectivity index (χ4n) is 1.65. The second-order valence-electron chi connectivity index (χ2n) is 4.43. The quantitative estimate of drug-likeness (QED) is 0.591. The van der Waals surface area contributed by atoms with Crippen molar-refractivity contribution < 1.29 is 37.7 Å². The first-order valence-electron chi connectivity index (χ1n) is 5.56. The largest absolute Gasteiger partial charge is 1.00 e. The zero-order valence-electron chi connectivity index (χ0n) is 12.3. The Morgan fingerprint density at radius 2 is 0.944 bits per heavy atom. The monoisotopic (exact) mass is 262 g/mol. The number of hydrogen-bond donors (Lipinski definition) is 0. The second-order valence-corrected chi connectivity index (χ2v) is 6.66. The van der Waals surface area contributed by atoms with Gasteiger partial charge < -0.3 is 0 Å². The van der Waals surface area contributed by atoms with Crippen LogP contribution >= 0.6 is 16.4 Å². The molecule has 0 amide bonds. The van der Waals surface area contributed by atoms with E-state index in [0.29, 0.717) is 0 Å². The molecule has 0 bridgehead atoms. The molecule has 4 heteroatoms. The van der Waals surface area contributed by atoms with E-state index >= 15 is 0 Å². The van der Waals surface area contributed by atoms with Crippen molar-refractivity contribution in [3.05, 3.63) is 46.0 Å². The molecule has 2 unspecified atom stereocenters. The van der Waals surface area contributed by atoms with Crippen LogP contribution < -0.4 is 37.7 Å². The molecule has 2 aromatic rings. The summed E-state index contributed by atoms with van der Waals surface area (Å²) in [4.78, 5) is 0. The number of hydrogen-bond acceptors (Lipinski definition) is 0. The summed E-state index contributed by atoms with van der Waals surface area (Å²) in [5.74, 6) is 4.74. The normalized spacial score (nSPS) is 10.2. The first-order chi connectivity index (χ1) is 7.58. The van der Waals surface area contributed by atoms with E-state index < -0.39 is 0 Å². The van der Waals surface area contributed by atoms with Crippen LogP contribution in [-0.2, 0) is 0 Å². The van der Waals surface area contributed by atoms with Crippen molar-refractivity contribution in [2.24, 2.45) is 0 Å². The van der Waals surface area contributed by atoms with Gasteiger partial charge in [0.05, 0.1) is 0 Å². The summed E-state index contributed by atoms with van der Waals surface area (Å²) in [6.45, 7) is 8.82. The molecular formula is C14H18Li2P2+4. The van der Waals surface area contributed by atoms with Crippen LogP contribution in [0.5, 0.6) is 0 Å². The molecule has 0 aliphatic heterocycles. The van der Waals surface area contributed by atoms with Crippen molar-refractivity contribution >= 4 is 16.4 Å². The Morgan fingerprint density at radius 3 is 1.22 bits per heavy atom. The fourth-order valence-corrected chi connectivity index (χ4v) is 4.34. The van der Waals surface area contributed by atoms with Gasteiger partial charge in [-0.2, -0.15) is 0 Å². The van der Waals surface area contributed by atoms with Crippen LogP contribution in [0.3, 0.4) is 0 Å². The minimum Gasteiger partial charge on any atom is -0.0399 e. The summed E-state index contributed by atoms with van der Waals surface area (Å²) in [5, 5.41) is 3.06. The van der Waals surface area contributed by atoms with Gasteiger partial charge in [-0.1, -0.05) is 0 Å². The van der Waals surface area contributed by atoms with Gasteiger partial charge in [-0.3, -0.25) is 0 Å². The van der Waals surface area contributed by atoms with E-state index in [0.717, 1.165) is 16.4 Å².